The van der Waals surface area contributed by atoms with Gasteiger partial charge < -0.3 is 0 Å². The highest BCUT2D eigenvalue weighted by Gasteiger charge is 1.00. The number of halogens is 4. The zero-order valence-electron chi connectivity index (χ0n) is 1.57. The van der Waals surface area contributed by atoms with Crippen molar-refractivity contribution in [3.63, 3.8) is 0 Å². The second-order valence-electron chi connectivity index (χ2n) is 0. The lowest BCUT2D eigenvalue weighted by atomic mass is 34.5. The molecule has 0 aliphatic rings. The maximum absolute atomic E-state index is 4.11. The van der Waals surface area contributed by atoms with E-state index in [4.69, 9.17) is 0 Å². The highest BCUT2D eigenvalue weighted by molar-refractivity contribution is 6.85. The average Bonchev–Trinajstić information content (AvgIpc) is 1.00. The van der Waals surface area contributed by atoms with Gasteiger partial charge in [-0.3, -0.25) is 0 Å². The van der Waals surface area contributed by atoms with Gasteiger partial charge >= 0.3 is 0 Å². The van der Waals surface area contributed by atoms with Gasteiger partial charge in [0.15, 0.2) is 0 Å². The summed E-state index contributed by atoms with van der Waals surface area (Å²) in [6, 6.07) is 0. The van der Waals surface area contributed by atoms with Crippen LogP contribution >= 0.6 is 46.5 Å². The Labute approximate surface area is 46.9 Å². The van der Waals surface area contributed by atoms with Gasteiger partial charge in [-0.15, -0.1) is 24.8 Å². The lowest BCUT2D eigenvalue weighted by molar-refractivity contribution is 4.85. The fourth-order valence-electron chi connectivity index (χ4n) is 0. The van der Waals surface area contributed by atoms with Gasteiger partial charge in [0.1, 0.15) is 0 Å². The van der Waals surface area contributed by atoms with Gasteiger partial charge in [0.05, 0.1) is 0 Å². The zero-order valence-corrected chi connectivity index (χ0v) is 4.72. The largest absolute Gasteiger partial charge is 0.147 e. The first-order valence-electron chi connectivity index (χ1n) is 0.143. The second-order valence-corrected chi connectivity index (χ2v) is 0. The predicted octanol–water partition coefficient (Wildman–Crippen LogP) is 2.22. The van der Waals surface area contributed by atoms with Crippen molar-refractivity contribution in [1.82, 2.24) is 0 Å². The third-order valence-electron chi connectivity index (χ3n) is 0. The van der Waals surface area contributed by atoms with Gasteiger partial charge in [0, 0.05) is 21.7 Å². The molecule has 0 aliphatic heterocycles. The molecule has 0 radical (unpaired) electrons. The summed E-state index contributed by atoms with van der Waals surface area (Å²) in [6.07, 6.45) is 0. The van der Waals surface area contributed by atoms with E-state index in [0.717, 1.165) is 0 Å². The van der Waals surface area contributed by atoms with Gasteiger partial charge in [-0.25, -0.2) is 0 Å². The van der Waals surface area contributed by atoms with Crippen molar-refractivity contribution >= 4 is 46.5 Å². The second kappa shape index (κ2) is 30.9. The Kier molecular flexibility index (Phi) is 148. The normalized spacial score (nSPS) is 1.50. The lowest BCUT2D eigenvalue weighted by Gasteiger charge is -1.00. The molecule has 0 aromatic carbocycles. The molecule has 0 aliphatic carbocycles. The molecular weight excluding hydrogens is 142 g/mol. The molecule has 0 saturated heterocycles. The molecule has 0 nitrogen and oxygen atoms in total. The van der Waals surface area contributed by atoms with Crippen LogP contribution in [0.25, 0.3) is 0 Å². The Balaban J connectivity index is -0.00000000500. The highest BCUT2D eigenvalue weighted by Crippen LogP contribution is 1.69. The number of rotatable bonds is 0. The Hall–Kier alpha value is 1.16. The molecule has 0 aromatic heterocycles. The smallest absolute Gasteiger partial charge is 0 e. The molecule has 0 aromatic rings. The van der Waals surface area contributed by atoms with E-state index >= 15 is 0 Å². The monoisotopic (exact) mass is 142 g/mol. The molecule has 0 spiro atoms. The first kappa shape index (κ1) is 19.1. The van der Waals surface area contributed by atoms with E-state index in [-0.39, 0.29) is 24.8 Å². The Morgan fingerprint density at radius 1 is 0.750 bits per heavy atom. The van der Waals surface area contributed by atoms with E-state index in [1.165, 1.54) is 0 Å². The van der Waals surface area contributed by atoms with Crippen molar-refractivity contribution < 1.29 is 0 Å². The van der Waals surface area contributed by atoms with E-state index < -0.39 is 0 Å². The summed E-state index contributed by atoms with van der Waals surface area (Å²) < 4.78 is 0. The fourth-order valence-corrected chi connectivity index (χ4v) is 0. The summed E-state index contributed by atoms with van der Waals surface area (Å²) >= 11 is 0. The topological polar surface area (TPSA) is 0 Å². The summed E-state index contributed by atoms with van der Waals surface area (Å²) in [5, 5.41) is 0. The van der Waals surface area contributed by atoms with Gasteiger partial charge in [0.25, 0.3) is 0 Å². The van der Waals surface area contributed by atoms with E-state index in [1.807, 2.05) is 0 Å². The minimum atomic E-state index is 0. The maximum Gasteiger partial charge on any atom is 0 e. The van der Waals surface area contributed by atoms with Gasteiger partial charge in [0.2, 0.25) is 0 Å². The third kappa shape index (κ3) is 11.0. The van der Waals surface area contributed by atoms with Crippen LogP contribution in [0.5, 0.6) is 0 Å². The molecule has 0 atom stereocenters. The van der Waals surface area contributed by atoms with Gasteiger partial charge in [-0.05, 0) is 0 Å². The highest BCUT2D eigenvalue weighted by atomic mass is 36.5. The minimum Gasteiger partial charge on any atom is -0.147 e. The van der Waals surface area contributed by atoms with Crippen LogP contribution in [0.4, 0.5) is 0 Å². The maximum atomic E-state index is 4.11. The summed E-state index contributed by atoms with van der Waals surface area (Å²) in [4.78, 5) is 0. The molecule has 0 N–H and O–H groups in total. The molecule has 0 fully saturated rings. The van der Waals surface area contributed by atoms with E-state index in [9.17, 15) is 0 Å². The quantitative estimate of drug-likeness (QED) is 0.488. The van der Waals surface area contributed by atoms with Gasteiger partial charge in [-0.1, -0.05) is 0 Å². The molecular formula is H2Cl4. The van der Waals surface area contributed by atoms with Crippen molar-refractivity contribution in [2.24, 2.45) is 0 Å². The molecule has 0 saturated carbocycles. The summed E-state index contributed by atoms with van der Waals surface area (Å²) in [5.41, 5.74) is 0. The Morgan fingerprint density at radius 2 is 0.750 bits per heavy atom. The van der Waals surface area contributed by atoms with Crippen LogP contribution in [0.1, 0.15) is 0 Å². The number of hydrogen-bond acceptors (Lipinski definition) is 0. The van der Waals surface area contributed by atoms with Crippen molar-refractivity contribution in [3.8, 4) is 0 Å². The molecule has 0 unspecified atom stereocenters. The van der Waals surface area contributed by atoms with Crippen molar-refractivity contribution in [2.45, 2.75) is 0 Å². The van der Waals surface area contributed by atoms with E-state index in [2.05, 4.69) is 21.7 Å². The molecule has 4 heteroatoms. The molecule has 0 bridgehead atoms. The first-order valence-corrected chi connectivity index (χ1v) is 1.29. The number of hydrogen-bond donors (Lipinski definition) is 0. The summed E-state index contributed by atoms with van der Waals surface area (Å²) in [5.74, 6) is 0. The Morgan fingerprint density at radius 3 is 0.750 bits per heavy atom. The SMILES string of the molecule is Cl.Cl.ClCl. The van der Waals surface area contributed by atoms with Crippen molar-refractivity contribution in [1.29, 1.82) is 0 Å². The molecule has 4 heavy (non-hydrogen) atoms. The molecule has 0 amide bonds. The average molecular weight is 144 g/mol. The molecule has 0 heterocycles. The summed E-state index contributed by atoms with van der Waals surface area (Å²) in [7, 11) is 8.22. The van der Waals surface area contributed by atoms with Crippen molar-refractivity contribution in [3.05, 3.63) is 0 Å². The van der Waals surface area contributed by atoms with Crippen LogP contribution in [0.15, 0.2) is 0 Å². The standard InChI is InChI=1S/Cl2.2ClH/c1-2;;/h;2*1H. The summed E-state index contributed by atoms with van der Waals surface area (Å²) in [6.45, 7) is 0. The zero-order chi connectivity index (χ0) is 2.00. The third-order valence-corrected chi connectivity index (χ3v) is 0. The van der Waals surface area contributed by atoms with Crippen LogP contribution in [0.2, 0.25) is 0 Å². The van der Waals surface area contributed by atoms with Crippen molar-refractivity contribution in [2.75, 3.05) is 0 Å². The minimum absolute atomic E-state index is 0. The van der Waals surface area contributed by atoms with Crippen LogP contribution in [0.3, 0.4) is 0 Å². The van der Waals surface area contributed by atoms with Crippen LogP contribution in [-0.4, -0.2) is 0 Å². The van der Waals surface area contributed by atoms with Crippen LogP contribution in [-0.2, 0) is 0 Å². The molecule has 30 valence electrons. The Bertz CT molecular complexity index is 0. The fraction of sp³-hybridized carbons (Fsp3) is 0. The van der Waals surface area contributed by atoms with E-state index in [0.29, 0.717) is 0 Å². The lowest BCUT2D eigenvalue weighted by Crippen LogP contribution is -0.310. The first-order chi connectivity index (χ1) is 1.00. The van der Waals surface area contributed by atoms with Gasteiger partial charge in [-0.2, -0.15) is 0 Å². The predicted molar refractivity (Wildman–Crippen MR) is 26.2 cm³/mol. The van der Waals surface area contributed by atoms with E-state index in [1.54, 1.807) is 0 Å². The van der Waals surface area contributed by atoms with Crippen LogP contribution in [0, 0.1) is 0 Å². The molecule has 0 rings (SSSR count). The van der Waals surface area contributed by atoms with Crippen LogP contribution < -0.4 is 0 Å².